The molecule has 0 atom stereocenters. The summed E-state index contributed by atoms with van der Waals surface area (Å²) in [7, 11) is -3.88. The van der Waals surface area contributed by atoms with Gasteiger partial charge in [-0.05, 0) is 55.8 Å². The second kappa shape index (κ2) is 8.79. The fourth-order valence-corrected chi connectivity index (χ4v) is 3.93. The predicted molar refractivity (Wildman–Crippen MR) is 116 cm³/mol. The first-order chi connectivity index (χ1) is 14.3. The Balaban J connectivity index is 1.76. The smallest absolute Gasteiger partial charge is 0.271 e. The normalized spacial score (nSPS) is 11.4. The van der Waals surface area contributed by atoms with E-state index in [0.717, 1.165) is 11.1 Å². The Labute approximate surface area is 175 Å². The SMILES string of the molecule is Cc1ccc(NS(=O)(=O)c2cccc(C(=O)NN=Cc3ccccc3O)c2)c(C)c1. The maximum Gasteiger partial charge on any atom is 0.271 e. The Morgan fingerprint density at radius 1 is 1.00 bits per heavy atom. The summed E-state index contributed by atoms with van der Waals surface area (Å²) in [6.45, 7) is 3.74. The van der Waals surface area contributed by atoms with Crippen LogP contribution in [0.1, 0.15) is 27.0 Å². The summed E-state index contributed by atoms with van der Waals surface area (Å²) >= 11 is 0. The number of hydrogen-bond donors (Lipinski definition) is 3. The van der Waals surface area contributed by atoms with E-state index >= 15 is 0 Å². The number of amides is 1. The quantitative estimate of drug-likeness (QED) is 0.416. The molecule has 7 nitrogen and oxygen atoms in total. The number of phenolic OH excluding ortho intramolecular Hbond substituents is 1. The van der Waals surface area contributed by atoms with Crippen molar-refractivity contribution in [2.75, 3.05) is 4.72 Å². The van der Waals surface area contributed by atoms with Gasteiger partial charge >= 0.3 is 0 Å². The molecule has 0 saturated heterocycles. The van der Waals surface area contributed by atoms with E-state index in [1.54, 1.807) is 24.3 Å². The van der Waals surface area contributed by atoms with Gasteiger partial charge in [-0.15, -0.1) is 0 Å². The van der Waals surface area contributed by atoms with Gasteiger partial charge in [-0.2, -0.15) is 5.10 Å². The third-order valence-electron chi connectivity index (χ3n) is 4.34. The van der Waals surface area contributed by atoms with Crippen molar-refractivity contribution >= 4 is 27.8 Å². The Bertz CT molecular complexity index is 1220. The molecule has 0 unspecified atom stereocenters. The number of anilines is 1. The predicted octanol–water partition coefficient (Wildman–Crippen LogP) is 3.57. The Hall–Kier alpha value is -3.65. The molecule has 0 fully saturated rings. The second-order valence-corrected chi connectivity index (χ2v) is 8.39. The number of hydrazone groups is 1. The molecule has 3 aromatic carbocycles. The molecule has 30 heavy (non-hydrogen) atoms. The van der Waals surface area contributed by atoms with Crippen LogP contribution < -0.4 is 10.1 Å². The zero-order chi connectivity index (χ0) is 21.7. The first-order valence-electron chi connectivity index (χ1n) is 9.08. The highest BCUT2D eigenvalue weighted by Crippen LogP contribution is 2.21. The lowest BCUT2D eigenvalue weighted by atomic mass is 10.1. The molecule has 0 aromatic heterocycles. The van der Waals surface area contributed by atoms with Gasteiger partial charge in [-0.1, -0.05) is 35.9 Å². The fraction of sp³-hybridized carbons (Fsp3) is 0.0909. The number of sulfonamides is 1. The highest BCUT2D eigenvalue weighted by Gasteiger charge is 2.17. The van der Waals surface area contributed by atoms with Crippen molar-refractivity contribution < 1.29 is 18.3 Å². The largest absolute Gasteiger partial charge is 0.507 e. The lowest BCUT2D eigenvalue weighted by Crippen LogP contribution is -2.19. The summed E-state index contributed by atoms with van der Waals surface area (Å²) in [6, 6.07) is 17.6. The maximum atomic E-state index is 12.7. The van der Waals surface area contributed by atoms with E-state index < -0.39 is 15.9 Å². The average Bonchev–Trinajstić information content (AvgIpc) is 2.71. The second-order valence-electron chi connectivity index (χ2n) is 6.71. The van der Waals surface area contributed by atoms with Crippen LogP contribution in [0.5, 0.6) is 5.75 Å². The number of nitrogens with zero attached hydrogens (tertiary/aromatic N) is 1. The lowest BCUT2D eigenvalue weighted by Gasteiger charge is -2.12. The summed E-state index contributed by atoms with van der Waals surface area (Å²) < 4.78 is 28.0. The van der Waals surface area contributed by atoms with Gasteiger partial charge in [0.1, 0.15) is 5.75 Å². The highest BCUT2D eigenvalue weighted by atomic mass is 32.2. The number of aromatic hydroxyl groups is 1. The van der Waals surface area contributed by atoms with Crippen LogP contribution in [0.3, 0.4) is 0 Å². The topological polar surface area (TPSA) is 108 Å². The number of para-hydroxylation sites is 1. The van der Waals surface area contributed by atoms with E-state index in [1.807, 2.05) is 26.0 Å². The average molecular weight is 423 g/mol. The van der Waals surface area contributed by atoms with Gasteiger partial charge in [-0.25, -0.2) is 13.8 Å². The molecule has 1 amide bonds. The fourth-order valence-electron chi connectivity index (χ4n) is 2.76. The zero-order valence-corrected chi connectivity index (χ0v) is 17.3. The molecule has 154 valence electrons. The molecule has 0 bridgehead atoms. The number of carbonyl (C=O) groups is 1. The molecule has 0 aliphatic heterocycles. The molecule has 0 heterocycles. The van der Waals surface area contributed by atoms with Gasteiger partial charge in [-0.3, -0.25) is 9.52 Å². The van der Waals surface area contributed by atoms with Gasteiger partial charge in [0.15, 0.2) is 0 Å². The van der Waals surface area contributed by atoms with Crippen LogP contribution in [-0.4, -0.2) is 25.6 Å². The van der Waals surface area contributed by atoms with Crippen LogP contribution in [0.4, 0.5) is 5.69 Å². The highest BCUT2D eigenvalue weighted by molar-refractivity contribution is 7.92. The summed E-state index contributed by atoms with van der Waals surface area (Å²) in [5.41, 5.74) is 5.19. The molecule has 8 heteroatoms. The Morgan fingerprint density at radius 3 is 2.50 bits per heavy atom. The van der Waals surface area contributed by atoms with Gasteiger partial charge in [0.05, 0.1) is 16.8 Å². The van der Waals surface area contributed by atoms with E-state index in [4.69, 9.17) is 0 Å². The van der Waals surface area contributed by atoms with Crippen molar-refractivity contribution in [3.8, 4) is 5.75 Å². The number of aryl methyl sites for hydroxylation is 2. The monoisotopic (exact) mass is 423 g/mol. The number of benzene rings is 3. The van der Waals surface area contributed by atoms with Crippen molar-refractivity contribution in [2.45, 2.75) is 18.7 Å². The van der Waals surface area contributed by atoms with E-state index in [-0.39, 0.29) is 16.2 Å². The molecule has 3 aromatic rings. The third-order valence-corrected chi connectivity index (χ3v) is 5.70. The van der Waals surface area contributed by atoms with E-state index in [0.29, 0.717) is 11.3 Å². The molecule has 3 N–H and O–H groups in total. The van der Waals surface area contributed by atoms with Gasteiger partial charge in [0.25, 0.3) is 15.9 Å². The minimum absolute atomic E-state index is 0.0288. The number of nitrogens with one attached hydrogen (secondary N) is 2. The summed E-state index contributed by atoms with van der Waals surface area (Å²) in [4.78, 5) is 12.3. The van der Waals surface area contributed by atoms with Crippen molar-refractivity contribution in [1.82, 2.24) is 5.43 Å². The van der Waals surface area contributed by atoms with Gasteiger partial charge in [0.2, 0.25) is 0 Å². The number of phenols is 1. The number of carbonyl (C=O) groups excluding carboxylic acids is 1. The van der Waals surface area contributed by atoms with Crippen LogP contribution in [0.25, 0.3) is 0 Å². The van der Waals surface area contributed by atoms with Crippen LogP contribution in [0.2, 0.25) is 0 Å². The van der Waals surface area contributed by atoms with Crippen molar-refractivity contribution in [3.63, 3.8) is 0 Å². The van der Waals surface area contributed by atoms with Crippen molar-refractivity contribution in [2.24, 2.45) is 5.10 Å². The first-order valence-corrected chi connectivity index (χ1v) is 10.6. The van der Waals surface area contributed by atoms with Crippen LogP contribution in [0.15, 0.2) is 76.7 Å². The summed E-state index contributed by atoms with van der Waals surface area (Å²) in [5.74, 6) is -0.550. The lowest BCUT2D eigenvalue weighted by molar-refractivity contribution is 0.0955. The van der Waals surface area contributed by atoms with Crippen LogP contribution >= 0.6 is 0 Å². The molecule has 0 radical (unpaired) electrons. The van der Waals surface area contributed by atoms with E-state index in [1.165, 1.54) is 36.5 Å². The molecule has 0 aliphatic carbocycles. The zero-order valence-electron chi connectivity index (χ0n) is 16.5. The molecule has 0 aliphatic rings. The molecule has 0 saturated carbocycles. The van der Waals surface area contributed by atoms with E-state index in [9.17, 15) is 18.3 Å². The maximum absolute atomic E-state index is 12.7. The minimum atomic E-state index is -3.88. The van der Waals surface area contributed by atoms with E-state index in [2.05, 4.69) is 15.2 Å². The van der Waals surface area contributed by atoms with Gasteiger partial charge < -0.3 is 5.11 Å². The summed E-state index contributed by atoms with van der Waals surface area (Å²) in [6.07, 6.45) is 1.30. The van der Waals surface area contributed by atoms with Crippen molar-refractivity contribution in [1.29, 1.82) is 0 Å². The minimum Gasteiger partial charge on any atom is -0.507 e. The molecular weight excluding hydrogens is 402 g/mol. The standard InChI is InChI=1S/C22H21N3O4S/c1-15-10-11-20(16(2)12-15)25-30(28,29)19-8-5-7-17(13-19)22(27)24-23-14-18-6-3-4-9-21(18)26/h3-14,25-26H,1-2H3,(H,24,27). The molecule has 0 spiro atoms. The first kappa shape index (κ1) is 21.1. The Kier molecular flexibility index (Phi) is 6.17. The van der Waals surface area contributed by atoms with Crippen LogP contribution in [0, 0.1) is 13.8 Å². The number of hydrogen-bond acceptors (Lipinski definition) is 5. The molecular formula is C22H21N3O4S. The Morgan fingerprint density at radius 2 is 1.77 bits per heavy atom. The molecule has 3 rings (SSSR count). The van der Waals surface area contributed by atoms with Crippen LogP contribution in [-0.2, 0) is 10.0 Å². The summed E-state index contributed by atoms with van der Waals surface area (Å²) in [5, 5.41) is 13.5. The third kappa shape index (κ3) is 5.03. The number of rotatable bonds is 6. The van der Waals surface area contributed by atoms with Crippen molar-refractivity contribution in [3.05, 3.63) is 89.0 Å². The van der Waals surface area contributed by atoms with Gasteiger partial charge in [0, 0.05) is 11.1 Å².